The summed E-state index contributed by atoms with van der Waals surface area (Å²) in [5.41, 5.74) is 5.86. The number of hydrogen-bond donors (Lipinski definition) is 2. The van der Waals surface area contributed by atoms with E-state index in [4.69, 9.17) is 10.2 Å². The molecule has 2 aliphatic heterocycles. The van der Waals surface area contributed by atoms with E-state index < -0.39 is 31.2 Å². The van der Waals surface area contributed by atoms with Crippen molar-refractivity contribution in [2.24, 2.45) is 0 Å². The summed E-state index contributed by atoms with van der Waals surface area (Å²) in [5.74, 6) is -1.21. The van der Waals surface area contributed by atoms with Gasteiger partial charge in [0.15, 0.2) is 36.9 Å². The van der Waals surface area contributed by atoms with Gasteiger partial charge in [-0.15, -0.1) is 0 Å². The molecule has 10 nitrogen and oxygen atoms in total. The van der Waals surface area contributed by atoms with E-state index in [0.717, 1.165) is 22.5 Å². The van der Waals surface area contributed by atoms with Crippen molar-refractivity contribution in [1.29, 1.82) is 0 Å². The largest absolute Gasteiger partial charge is 0.871 e. The normalized spacial score (nSPS) is 16.3. The van der Waals surface area contributed by atoms with Crippen molar-refractivity contribution in [1.82, 2.24) is 0 Å². The summed E-state index contributed by atoms with van der Waals surface area (Å²) in [6, 6.07) is 29.2. The molecule has 2 N–H and O–H groups in total. The van der Waals surface area contributed by atoms with Gasteiger partial charge in [0.05, 0.1) is 14.7 Å². The van der Waals surface area contributed by atoms with Crippen LogP contribution in [0, 0.1) is 13.8 Å². The minimum absolute atomic E-state index is 0.0441. The molecule has 0 aliphatic carbocycles. The van der Waals surface area contributed by atoms with Gasteiger partial charge < -0.3 is 15.3 Å². The number of aromatic nitrogens is 2. The predicted octanol–water partition coefficient (Wildman–Crippen LogP) is 4.23. The van der Waals surface area contributed by atoms with Crippen LogP contribution >= 0.6 is 0 Å². The number of aliphatic hydroxyl groups is 2. The zero-order valence-electron chi connectivity index (χ0n) is 30.2. The van der Waals surface area contributed by atoms with Crippen molar-refractivity contribution in [3.05, 3.63) is 178 Å². The summed E-state index contributed by atoms with van der Waals surface area (Å²) < 4.78 is 55.7. The molecule has 5 aromatic rings. The van der Waals surface area contributed by atoms with Gasteiger partial charge in [0.2, 0.25) is 25.5 Å². The number of allylic oxidation sites excluding steroid dienone is 6. The number of rotatable bonds is 9. The van der Waals surface area contributed by atoms with Crippen LogP contribution in [-0.2, 0) is 32.8 Å². The van der Waals surface area contributed by atoms with Crippen LogP contribution in [0.5, 0.6) is 0 Å². The molecule has 4 heterocycles. The molecule has 0 amide bonds. The van der Waals surface area contributed by atoms with Gasteiger partial charge in [-0.1, -0.05) is 78.6 Å². The van der Waals surface area contributed by atoms with Crippen molar-refractivity contribution in [2.45, 2.75) is 36.7 Å². The van der Waals surface area contributed by atoms with E-state index in [1.54, 1.807) is 54.6 Å². The predicted molar refractivity (Wildman–Crippen MR) is 206 cm³/mol. The first-order valence-electron chi connectivity index (χ1n) is 17.4. The Morgan fingerprint density at radius 1 is 0.691 bits per heavy atom. The molecular weight excluding hydrogens is 737 g/mol. The van der Waals surface area contributed by atoms with E-state index in [9.17, 15) is 26.7 Å². The molecule has 2 aromatic heterocycles. The molecule has 12 heteroatoms. The Kier molecular flexibility index (Phi) is 11.5. The maximum Gasteiger partial charge on any atom is 0.211 e. The fourth-order valence-electron chi connectivity index (χ4n) is 6.43. The SMILES string of the molecule is Cc1cc(-c2cc[n+](CCO)c(C)c2)cc[n+]1CCO.O=C1C(=CC=C(C=CC2=C([O-])c3ccccc3S2(=O)=O)c2ccccc2)S(=O)(=O)c2ccccc21. The van der Waals surface area contributed by atoms with Gasteiger partial charge in [-0.25, -0.2) is 26.0 Å². The second kappa shape index (κ2) is 16.3. The van der Waals surface area contributed by atoms with Crippen LogP contribution in [0.1, 0.15) is 32.9 Å². The number of aryl methyl sites for hydroxylation is 2. The molecule has 0 spiro atoms. The highest BCUT2D eigenvalue weighted by Gasteiger charge is 2.38. The Hall–Kier alpha value is -5.79. The number of sulfone groups is 2. The second-order valence-electron chi connectivity index (χ2n) is 12.8. The molecule has 55 heavy (non-hydrogen) atoms. The number of aliphatic hydroxyl groups excluding tert-OH is 2. The number of hydrogen-bond acceptors (Lipinski definition) is 8. The Labute approximate surface area is 320 Å². The van der Waals surface area contributed by atoms with Crippen LogP contribution in [0.4, 0.5) is 0 Å². The third-order valence-corrected chi connectivity index (χ3v) is 13.0. The molecule has 0 unspecified atom stereocenters. The maximum absolute atomic E-state index is 12.9. The lowest BCUT2D eigenvalue weighted by Gasteiger charge is -2.08. The Morgan fingerprint density at radius 3 is 1.71 bits per heavy atom. The fraction of sp³-hybridized carbons (Fsp3) is 0.140. The van der Waals surface area contributed by atoms with Crippen LogP contribution in [0.15, 0.2) is 159 Å². The summed E-state index contributed by atoms with van der Waals surface area (Å²) in [4.78, 5) is 11.9. The van der Waals surface area contributed by atoms with Gasteiger partial charge in [0.1, 0.15) is 18.1 Å². The molecule has 0 saturated heterocycles. The van der Waals surface area contributed by atoms with Crippen molar-refractivity contribution < 1.29 is 46.1 Å². The van der Waals surface area contributed by atoms with E-state index in [0.29, 0.717) is 24.2 Å². The minimum atomic E-state index is -3.98. The second-order valence-corrected chi connectivity index (χ2v) is 16.6. The number of Topliss-reactive ketones (excluding diaryl/α,β-unsaturated/α-hetero) is 1. The summed E-state index contributed by atoms with van der Waals surface area (Å²) in [6.07, 6.45) is 9.31. The first-order valence-corrected chi connectivity index (χ1v) is 20.4. The molecule has 2 aliphatic rings. The highest BCUT2D eigenvalue weighted by atomic mass is 32.2. The third-order valence-electron chi connectivity index (χ3n) is 9.32. The summed E-state index contributed by atoms with van der Waals surface area (Å²) >= 11 is 0. The molecule has 0 fully saturated rings. The molecule has 0 saturated carbocycles. The smallest absolute Gasteiger partial charge is 0.211 e. The Bertz CT molecular complexity index is 2590. The van der Waals surface area contributed by atoms with Gasteiger partial charge in [-0.3, -0.25) is 4.79 Å². The van der Waals surface area contributed by atoms with E-state index in [1.165, 1.54) is 48.6 Å². The lowest BCUT2D eigenvalue weighted by atomic mass is 10.0. The number of ketones is 1. The Balaban J connectivity index is 0.000000219. The van der Waals surface area contributed by atoms with Crippen LogP contribution in [0.3, 0.4) is 0 Å². The number of carbonyl (C=O) groups is 1. The number of carbonyl (C=O) groups excluding carboxylic acids is 1. The number of benzene rings is 3. The first-order chi connectivity index (χ1) is 26.4. The topological polar surface area (TPSA) is 157 Å². The van der Waals surface area contributed by atoms with E-state index in [1.807, 2.05) is 35.4 Å². The zero-order chi connectivity index (χ0) is 39.3. The average molecular weight is 776 g/mol. The van der Waals surface area contributed by atoms with E-state index >= 15 is 0 Å². The molecule has 0 radical (unpaired) electrons. The third kappa shape index (κ3) is 7.89. The number of nitrogens with zero attached hydrogens (tertiary/aromatic N) is 2. The summed E-state index contributed by atoms with van der Waals surface area (Å²) in [6.45, 7) is 5.63. The monoisotopic (exact) mass is 775 g/mol. The number of fused-ring (bicyclic) bond motifs is 2. The fourth-order valence-corrected chi connectivity index (χ4v) is 9.52. The summed E-state index contributed by atoms with van der Waals surface area (Å²) in [7, 11) is -7.96. The molecule has 280 valence electrons. The van der Waals surface area contributed by atoms with E-state index in [-0.39, 0.29) is 43.9 Å². The van der Waals surface area contributed by atoms with Gasteiger partial charge in [0.25, 0.3) is 0 Å². The van der Waals surface area contributed by atoms with Gasteiger partial charge in [-0.2, -0.15) is 0 Å². The highest BCUT2D eigenvalue weighted by molar-refractivity contribution is 7.97. The van der Waals surface area contributed by atoms with Crippen molar-refractivity contribution >= 4 is 36.8 Å². The first kappa shape index (κ1) is 38.9. The molecular formula is C43H39N2O8S2+. The van der Waals surface area contributed by atoms with Gasteiger partial charge >= 0.3 is 0 Å². The van der Waals surface area contributed by atoms with Gasteiger partial charge in [-0.05, 0) is 58.2 Å². The molecule has 0 bridgehead atoms. The van der Waals surface area contributed by atoms with Crippen LogP contribution < -0.4 is 14.2 Å². The maximum atomic E-state index is 12.9. The standard InChI is InChI=1S/C27H18O6S2.C16H22N2O2/c28-26-20-10-4-6-12-22(20)34(30,31)24(26)16-14-19(18-8-2-1-3-9-18)15-17-25-27(29)21-11-5-7-13-23(21)35(25,32)33;1-13-11-15(3-5-17(13)7-9-19)16-4-6-18(8-10-20)14(2)12-16/h1-17,28H;3-6,11-12,19-20H,7-10H2,1-2H3/q;+2/p-1. The van der Waals surface area contributed by atoms with E-state index in [2.05, 4.69) is 24.3 Å². The summed E-state index contributed by atoms with van der Waals surface area (Å²) in [5, 5.41) is 30.8. The lowest BCUT2D eigenvalue weighted by molar-refractivity contribution is -0.704. The zero-order valence-corrected chi connectivity index (χ0v) is 31.8. The number of pyridine rings is 2. The van der Waals surface area contributed by atoms with Crippen molar-refractivity contribution in [3.8, 4) is 11.1 Å². The quantitative estimate of drug-likeness (QED) is 0.128. The molecule has 0 atom stereocenters. The lowest BCUT2D eigenvalue weighted by Crippen LogP contribution is -2.38. The van der Waals surface area contributed by atoms with Gasteiger partial charge in [0, 0.05) is 43.7 Å². The minimum Gasteiger partial charge on any atom is -0.871 e. The molecule has 3 aromatic carbocycles. The van der Waals surface area contributed by atoms with Crippen molar-refractivity contribution in [3.63, 3.8) is 0 Å². The average Bonchev–Trinajstić information content (AvgIpc) is 3.50. The van der Waals surface area contributed by atoms with Crippen molar-refractivity contribution in [2.75, 3.05) is 13.2 Å². The Morgan fingerprint density at radius 2 is 1.20 bits per heavy atom. The highest BCUT2D eigenvalue weighted by Crippen LogP contribution is 2.38. The van der Waals surface area contributed by atoms with Crippen LogP contribution in [0.2, 0.25) is 0 Å². The molecule has 7 rings (SSSR count). The van der Waals surface area contributed by atoms with Crippen LogP contribution in [0.25, 0.3) is 22.5 Å². The van der Waals surface area contributed by atoms with Crippen LogP contribution in [-0.4, -0.2) is 46.0 Å².